The van der Waals surface area contributed by atoms with Gasteiger partial charge in [-0.15, -0.1) is 11.6 Å². The number of amides is 1. The van der Waals surface area contributed by atoms with E-state index < -0.39 is 6.17 Å². The first-order valence-electron chi connectivity index (χ1n) is 10.1. The molecule has 0 aromatic rings. The highest BCUT2D eigenvalue weighted by Gasteiger charge is 2.47. The lowest BCUT2D eigenvalue weighted by Gasteiger charge is -2.44. The first-order valence-corrected chi connectivity index (χ1v) is 10.6. The topological polar surface area (TPSA) is 101 Å². The van der Waals surface area contributed by atoms with Crippen LogP contribution in [0.25, 0.3) is 0 Å². The summed E-state index contributed by atoms with van der Waals surface area (Å²) >= 11 is 6.23. The second kappa shape index (κ2) is 8.46. The van der Waals surface area contributed by atoms with Crippen LogP contribution in [0.15, 0.2) is 0 Å². The molecule has 4 heterocycles. The van der Waals surface area contributed by atoms with Crippen molar-refractivity contribution in [3.05, 3.63) is 0 Å². The van der Waals surface area contributed by atoms with Gasteiger partial charge < -0.3 is 21.3 Å². The number of halogens is 1. The molecule has 154 valence electrons. The SMILES string of the molecule is CN1CCN(C2CCNCC2NC(=O)C2C(N)NN3CC(Cl)CNC23)CC1. The number of nitrogens with zero attached hydrogens (tertiary/aromatic N) is 3. The molecule has 6 N–H and O–H groups in total. The lowest BCUT2D eigenvalue weighted by molar-refractivity contribution is -0.128. The van der Waals surface area contributed by atoms with Crippen molar-refractivity contribution in [2.45, 2.75) is 36.2 Å². The molecular formula is C17H33ClN8O. The van der Waals surface area contributed by atoms with Crippen LogP contribution in [0.4, 0.5) is 0 Å². The number of nitrogens with two attached hydrogens (primary N) is 1. The Morgan fingerprint density at radius 1 is 1.22 bits per heavy atom. The molecule has 0 aromatic heterocycles. The van der Waals surface area contributed by atoms with Crippen molar-refractivity contribution in [1.82, 2.24) is 36.2 Å². The maximum atomic E-state index is 13.2. The van der Waals surface area contributed by atoms with Crippen LogP contribution in [0.2, 0.25) is 0 Å². The van der Waals surface area contributed by atoms with Gasteiger partial charge in [-0.05, 0) is 20.0 Å². The van der Waals surface area contributed by atoms with Crippen molar-refractivity contribution in [2.24, 2.45) is 11.7 Å². The summed E-state index contributed by atoms with van der Waals surface area (Å²) in [6.07, 6.45) is 0.558. The maximum Gasteiger partial charge on any atom is 0.229 e. The Balaban J connectivity index is 1.40. The van der Waals surface area contributed by atoms with Gasteiger partial charge in [0.05, 0.1) is 29.7 Å². The van der Waals surface area contributed by atoms with E-state index in [1.807, 2.05) is 5.01 Å². The second-order valence-electron chi connectivity index (χ2n) is 8.30. The molecule has 27 heavy (non-hydrogen) atoms. The molecule has 0 saturated carbocycles. The molecule has 4 saturated heterocycles. The summed E-state index contributed by atoms with van der Waals surface area (Å²) in [6, 6.07) is 0.498. The lowest BCUT2D eigenvalue weighted by Crippen LogP contribution is -2.64. The summed E-state index contributed by atoms with van der Waals surface area (Å²) in [7, 11) is 2.17. The Labute approximate surface area is 166 Å². The number of piperazine rings is 1. The summed E-state index contributed by atoms with van der Waals surface area (Å²) in [5.74, 6) is -0.305. The summed E-state index contributed by atoms with van der Waals surface area (Å²) in [4.78, 5) is 18.1. The van der Waals surface area contributed by atoms with Gasteiger partial charge in [-0.25, -0.2) is 10.4 Å². The average Bonchev–Trinajstić information content (AvgIpc) is 2.98. The smallest absolute Gasteiger partial charge is 0.229 e. The van der Waals surface area contributed by atoms with E-state index in [0.29, 0.717) is 19.1 Å². The van der Waals surface area contributed by atoms with E-state index in [0.717, 1.165) is 45.7 Å². The molecule has 0 aliphatic carbocycles. The van der Waals surface area contributed by atoms with Crippen LogP contribution >= 0.6 is 11.6 Å². The Kier molecular flexibility index (Phi) is 6.20. The highest BCUT2D eigenvalue weighted by Crippen LogP contribution is 2.23. The van der Waals surface area contributed by atoms with Gasteiger partial charge in [0.25, 0.3) is 0 Å². The minimum Gasteiger partial charge on any atom is -0.350 e. The number of fused-ring (bicyclic) bond motifs is 1. The molecule has 4 aliphatic rings. The third-order valence-corrected chi connectivity index (χ3v) is 6.70. The minimum atomic E-state index is -0.400. The van der Waals surface area contributed by atoms with Crippen molar-refractivity contribution < 1.29 is 4.79 Å². The summed E-state index contributed by atoms with van der Waals surface area (Å²) < 4.78 is 0. The van der Waals surface area contributed by atoms with E-state index in [4.69, 9.17) is 17.3 Å². The van der Waals surface area contributed by atoms with Gasteiger partial charge >= 0.3 is 0 Å². The van der Waals surface area contributed by atoms with Gasteiger partial charge in [0.2, 0.25) is 5.91 Å². The van der Waals surface area contributed by atoms with Crippen molar-refractivity contribution in [1.29, 1.82) is 0 Å². The van der Waals surface area contributed by atoms with Gasteiger partial charge in [0, 0.05) is 51.9 Å². The van der Waals surface area contributed by atoms with Crippen LogP contribution in [0.5, 0.6) is 0 Å². The van der Waals surface area contributed by atoms with E-state index in [1.54, 1.807) is 0 Å². The third kappa shape index (κ3) is 4.25. The molecule has 0 spiro atoms. The molecule has 6 unspecified atom stereocenters. The number of nitrogens with one attached hydrogen (secondary N) is 4. The number of hydrazine groups is 1. The fourth-order valence-corrected chi connectivity index (χ4v) is 5.08. The molecule has 0 radical (unpaired) electrons. The van der Waals surface area contributed by atoms with Crippen LogP contribution in [-0.2, 0) is 4.79 Å². The van der Waals surface area contributed by atoms with Gasteiger partial charge in [0.1, 0.15) is 0 Å². The molecule has 9 nitrogen and oxygen atoms in total. The molecule has 4 aliphatic heterocycles. The normalized spacial score (nSPS) is 42.0. The van der Waals surface area contributed by atoms with Gasteiger partial charge in [-0.2, -0.15) is 0 Å². The summed E-state index contributed by atoms with van der Waals surface area (Å²) in [5, 5.41) is 12.1. The monoisotopic (exact) mass is 400 g/mol. The highest BCUT2D eigenvalue weighted by atomic mass is 35.5. The molecule has 4 fully saturated rings. The summed E-state index contributed by atoms with van der Waals surface area (Å²) in [6.45, 7) is 7.49. The zero-order chi connectivity index (χ0) is 19.0. The van der Waals surface area contributed by atoms with E-state index in [-0.39, 0.29) is 29.4 Å². The lowest BCUT2D eigenvalue weighted by atomic mass is 9.95. The number of rotatable bonds is 3. The number of likely N-dealkylation sites (N-methyl/N-ethyl adjacent to an activating group) is 1. The largest absolute Gasteiger partial charge is 0.350 e. The number of carbonyl (C=O) groups is 1. The Morgan fingerprint density at radius 2 is 2.00 bits per heavy atom. The van der Waals surface area contributed by atoms with Gasteiger partial charge in [0.15, 0.2) is 0 Å². The molecular weight excluding hydrogens is 368 g/mol. The zero-order valence-corrected chi connectivity index (χ0v) is 16.8. The van der Waals surface area contributed by atoms with Gasteiger partial charge in [-0.1, -0.05) is 0 Å². The van der Waals surface area contributed by atoms with Crippen molar-refractivity contribution in [3.8, 4) is 0 Å². The fraction of sp³-hybridized carbons (Fsp3) is 0.941. The first-order chi connectivity index (χ1) is 13.0. The average molecular weight is 401 g/mol. The second-order valence-corrected chi connectivity index (χ2v) is 8.92. The molecule has 6 atom stereocenters. The van der Waals surface area contributed by atoms with Crippen molar-refractivity contribution >= 4 is 17.5 Å². The fourth-order valence-electron chi connectivity index (χ4n) is 4.84. The van der Waals surface area contributed by atoms with E-state index in [1.165, 1.54) is 0 Å². The summed E-state index contributed by atoms with van der Waals surface area (Å²) in [5.41, 5.74) is 9.46. The van der Waals surface area contributed by atoms with Crippen molar-refractivity contribution in [2.75, 3.05) is 59.4 Å². The Bertz CT molecular complexity index is 531. The van der Waals surface area contributed by atoms with Gasteiger partial charge in [-0.3, -0.25) is 15.0 Å². The van der Waals surface area contributed by atoms with Crippen LogP contribution in [-0.4, -0.2) is 110 Å². The molecule has 0 bridgehead atoms. The molecule has 10 heteroatoms. The first kappa shape index (κ1) is 19.8. The van der Waals surface area contributed by atoms with Crippen LogP contribution in [0.3, 0.4) is 0 Å². The van der Waals surface area contributed by atoms with Crippen LogP contribution < -0.4 is 27.1 Å². The number of hydrogen-bond donors (Lipinski definition) is 5. The third-order valence-electron chi connectivity index (χ3n) is 6.40. The molecule has 4 rings (SSSR count). The standard InChI is InChI=1S/C17H33ClN8O/c1-24-4-6-25(7-5-24)13-2-3-20-9-12(13)22-17(27)14-15(19)23-26-10-11(18)8-21-16(14)26/h11-16,20-21,23H,2-10,19H2,1H3,(H,22,27). The predicted octanol–water partition coefficient (Wildman–Crippen LogP) is -2.66. The van der Waals surface area contributed by atoms with E-state index in [2.05, 4.69) is 38.2 Å². The number of piperidine rings is 1. The number of alkyl halides is 1. The number of carbonyl (C=O) groups excluding carboxylic acids is 1. The quantitative estimate of drug-likeness (QED) is 0.327. The molecule has 0 aromatic carbocycles. The van der Waals surface area contributed by atoms with E-state index >= 15 is 0 Å². The van der Waals surface area contributed by atoms with Crippen LogP contribution in [0, 0.1) is 5.92 Å². The number of hydrogen-bond acceptors (Lipinski definition) is 8. The minimum absolute atomic E-state index is 0.0203. The Morgan fingerprint density at radius 3 is 2.78 bits per heavy atom. The highest BCUT2D eigenvalue weighted by molar-refractivity contribution is 6.21. The Hall–Kier alpha value is -0.520. The maximum absolute atomic E-state index is 13.2. The predicted molar refractivity (Wildman–Crippen MR) is 105 cm³/mol. The van der Waals surface area contributed by atoms with E-state index in [9.17, 15) is 4.79 Å². The van der Waals surface area contributed by atoms with Crippen LogP contribution in [0.1, 0.15) is 6.42 Å². The van der Waals surface area contributed by atoms with Crippen molar-refractivity contribution in [3.63, 3.8) is 0 Å². The molecule has 1 amide bonds. The zero-order valence-electron chi connectivity index (χ0n) is 16.0.